The summed E-state index contributed by atoms with van der Waals surface area (Å²) < 4.78 is 25.6. The van der Waals surface area contributed by atoms with E-state index < -0.39 is 14.6 Å². The lowest BCUT2D eigenvalue weighted by Gasteiger charge is -2.39. The van der Waals surface area contributed by atoms with Gasteiger partial charge in [-0.15, -0.1) is 0 Å². The molecule has 0 aromatic carbocycles. The Morgan fingerprint density at radius 2 is 2.22 bits per heavy atom. The predicted molar refractivity (Wildman–Crippen MR) is 92.4 cm³/mol. The van der Waals surface area contributed by atoms with E-state index in [1.54, 1.807) is 20.0 Å². The summed E-state index contributed by atoms with van der Waals surface area (Å²) in [6, 6.07) is 0. The van der Waals surface area contributed by atoms with Gasteiger partial charge < -0.3 is 14.8 Å². The molecule has 2 heterocycles. The largest absolute Gasteiger partial charge is 0.357 e. The van der Waals surface area contributed by atoms with Crippen LogP contribution < -0.4 is 5.32 Å². The Morgan fingerprint density at radius 1 is 1.48 bits per heavy atom. The zero-order chi connectivity index (χ0) is 17.1. The topological polar surface area (TPSA) is 79.6 Å². The lowest BCUT2D eigenvalue weighted by atomic mass is 10.2. The highest BCUT2D eigenvalue weighted by molar-refractivity contribution is 7.92. The van der Waals surface area contributed by atoms with Gasteiger partial charge in [0.2, 0.25) is 0 Å². The molecule has 0 bridgehead atoms. The first-order chi connectivity index (χ1) is 10.8. The van der Waals surface area contributed by atoms with Crippen molar-refractivity contribution < 1.29 is 8.42 Å². The van der Waals surface area contributed by atoms with E-state index >= 15 is 0 Å². The lowest BCUT2D eigenvalue weighted by Crippen LogP contribution is -2.57. The van der Waals surface area contributed by atoms with Crippen molar-refractivity contribution in [1.29, 1.82) is 0 Å². The molecule has 0 amide bonds. The summed E-state index contributed by atoms with van der Waals surface area (Å²) >= 11 is 0. The highest BCUT2D eigenvalue weighted by Crippen LogP contribution is 2.23. The number of rotatable bonds is 4. The van der Waals surface area contributed by atoms with Crippen LogP contribution in [0.15, 0.2) is 17.4 Å². The Morgan fingerprint density at radius 3 is 2.78 bits per heavy atom. The van der Waals surface area contributed by atoms with Gasteiger partial charge in [0, 0.05) is 38.6 Å². The van der Waals surface area contributed by atoms with Crippen molar-refractivity contribution >= 4 is 15.8 Å². The average molecular weight is 341 g/mol. The third-order valence-corrected chi connectivity index (χ3v) is 6.74. The second kappa shape index (κ2) is 6.90. The molecule has 1 aromatic heterocycles. The van der Waals surface area contributed by atoms with E-state index in [9.17, 15) is 8.42 Å². The van der Waals surface area contributed by atoms with Gasteiger partial charge in [0.15, 0.2) is 15.8 Å². The van der Waals surface area contributed by atoms with E-state index in [2.05, 4.69) is 19.9 Å². The molecule has 0 radical (unpaired) electrons. The number of hydrogen-bond acceptors (Lipinski definition) is 4. The standard InChI is InChI=1S/C15H27N5O2S/c1-5-16-14(18-7-9-19-8-6-17-13(19)2)20-10-11-23(21,22)15(3,4)12-20/h6,8H,5,7,9-12H2,1-4H3,(H,16,18). The summed E-state index contributed by atoms with van der Waals surface area (Å²) in [5.41, 5.74) is 0. The van der Waals surface area contributed by atoms with Crippen molar-refractivity contribution in [2.45, 2.75) is 39.0 Å². The molecule has 0 spiro atoms. The molecule has 1 fully saturated rings. The van der Waals surface area contributed by atoms with E-state index in [1.807, 2.05) is 24.9 Å². The number of aryl methyl sites for hydroxylation is 1. The zero-order valence-electron chi connectivity index (χ0n) is 14.4. The molecule has 0 unspecified atom stereocenters. The van der Waals surface area contributed by atoms with Crippen LogP contribution in [-0.4, -0.2) is 65.5 Å². The molecule has 0 atom stereocenters. The molecule has 0 saturated carbocycles. The molecule has 1 aliphatic heterocycles. The summed E-state index contributed by atoms with van der Waals surface area (Å²) in [7, 11) is -3.04. The normalized spacial score (nSPS) is 20.5. The van der Waals surface area contributed by atoms with Gasteiger partial charge in [0.1, 0.15) is 5.82 Å². The zero-order valence-corrected chi connectivity index (χ0v) is 15.2. The first kappa shape index (κ1) is 17.8. The lowest BCUT2D eigenvalue weighted by molar-refractivity contribution is 0.353. The molecular weight excluding hydrogens is 314 g/mol. The van der Waals surface area contributed by atoms with Crippen LogP contribution in [-0.2, 0) is 16.4 Å². The van der Waals surface area contributed by atoms with Crippen molar-refractivity contribution in [3.63, 3.8) is 0 Å². The minimum absolute atomic E-state index is 0.172. The number of nitrogens with one attached hydrogen (secondary N) is 1. The Labute approximate surface area is 138 Å². The predicted octanol–water partition coefficient (Wildman–Crippen LogP) is 0.666. The maximum Gasteiger partial charge on any atom is 0.194 e. The number of nitrogens with zero attached hydrogens (tertiary/aromatic N) is 4. The maximum atomic E-state index is 12.1. The van der Waals surface area contributed by atoms with Gasteiger partial charge in [-0.2, -0.15) is 0 Å². The summed E-state index contributed by atoms with van der Waals surface area (Å²) in [5.74, 6) is 1.93. The minimum atomic E-state index is -3.04. The summed E-state index contributed by atoms with van der Waals surface area (Å²) in [5, 5.41) is 3.27. The van der Waals surface area contributed by atoms with Crippen LogP contribution in [0.4, 0.5) is 0 Å². The van der Waals surface area contributed by atoms with Gasteiger partial charge in [0.05, 0.1) is 17.0 Å². The highest BCUT2D eigenvalue weighted by Gasteiger charge is 2.40. The van der Waals surface area contributed by atoms with Crippen molar-refractivity contribution in [3.8, 4) is 0 Å². The molecule has 1 saturated heterocycles. The molecule has 7 nitrogen and oxygen atoms in total. The van der Waals surface area contributed by atoms with Crippen molar-refractivity contribution in [3.05, 3.63) is 18.2 Å². The fourth-order valence-electron chi connectivity index (χ4n) is 2.65. The summed E-state index contributed by atoms with van der Waals surface area (Å²) in [6.07, 6.45) is 3.72. The Hall–Kier alpha value is -1.57. The maximum absolute atomic E-state index is 12.1. The van der Waals surface area contributed by atoms with Gasteiger partial charge in [0.25, 0.3) is 0 Å². The van der Waals surface area contributed by atoms with Crippen molar-refractivity contribution in [2.75, 3.05) is 31.9 Å². The number of aliphatic imine (C=N–C) groups is 1. The van der Waals surface area contributed by atoms with Gasteiger partial charge in [-0.1, -0.05) is 0 Å². The molecular formula is C15H27N5O2S. The summed E-state index contributed by atoms with van der Waals surface area (Å²) in [6.45, 7) is 10.6. The average Bonchev–Trinajstić information content (AvgIpc) is 2.87. The quantitative estimate of drug-likeness (QED) is 0.643. The second-order valence-electron chi connectivity index (χ2n) is 6.40. The van der Waals surface area contributed by atoms with E-state index in [0.717, 1.165) is 24.9 Å². The van der Waals surface area contributed by atoms with E-state index in [4.69, 9.17) is 0 Å². The fraction of sp³-hybridized carbons (Fsp3) is 0.733. The van der Waals surface area contributed by atoms with Crippen LogP contribution in [0.2, 0.25) is 0 Å². The molecule has 2 rings (SSSR count). The number of hydrogen-bond donors (Lipinski definition) is 1. The van der Waals surface area contributed by atoms with Gasteiger partial charge >= 0.3 is 0 Å². The summed E-state index contributed by atoms with van der Waals surface area (Å²) in [4.78, 5) is 10.9. The van der Waals surface area contributed by atoms with Crippen LogP contribution in [0.25, 0.3) is 0 Å². The minimum Gasteiger partial charge on any atom is -0.357 e. The van der Waals surface area contributed by atoms with Gasteiger partial charge in [-0.05, 0) is 27.7 Å². The van der Waals surface area contributed by atoms with Crippen LogP contribution in [0.1, 0.15) is 26.6 Å². The fourth-order valence-corrected chi connectivity index (χ4v) is 4.02. The Kier molecular flexibility index (Phi) is 5.33. The van der Waals surface area contributed by atoms with Crippen molar-refractivity contribution in [1.82, 2.24) is 19.8 Å². The van der Waals surface area contributed by atoms with Crippen LogP contribution in [0, 0.1) is 6.92 Å². The second-order valence-corrected chi connectivity index (χ2v) is 9.15. The van der Waals surface area contributed by atoms with Gasteiger partial charge in [-0.25, -0.2) is 13.4 Å². The third-order valence-electron chi connectivity index (χ3n) is 4.20. The molecule has 23 heavy (non-hydrogen) atoms. The molecule has 1 aliphatic rings. The Balaban J connectivity index is 2.06. The number of guanidine groups is 1. The van der Waals surface area contributed by atoms with E-state index in [0.29, 0.717) is 19.6 Å². The SMILES string of the molecule is CCNC(=NCCn1ccnc1C)N1CCS(=O)(=O)C(C)(C)C1. The van der Waals surface area contributed by atoms with Crippen LogP contribution in [0.3, 0.4) is 0 Å². The van der Waals surface area contributed by atoms with Crippen molar-refractivity contribution in [2.24, 2.45) is 4.99 Å². The molecule has 1 N–H and O–H groups in total. The number of sulfone groups is 1. The number of aromatic nitrogens is 2. The van der Waals surface area contributed by atoms with Crippen LogP contribution in [0.5, 0.6) is 0 Å². The van der Waals surface area contributed by atoms with Crippen LogP contribution >= 0.6 is 0 Å². The molecule has 1 aromatic rings. The molecule has 8 heteroatoms. The molecule has 130 valence electrons. The molecule has 0 aliphatic carbocycles. The number of imidazole rings is 1. The highest BCUT2D eigenvalue weighted by atomic mass is 32.2. The Bertz CT molecular complexity index is 663. The first-order valence-corrected chi connectivity index (χ1v) is 9.65. The van der Waals surface area contributed by atoms with E-state index in [1.165, 1.54) is 0 Å². The van der Waals surface area contributed by atoms with E-state index in [-0.39, 0.29) is 5.75 Å². The first-order valence-electron chi connectivity index (χ1n) is 8.00. The smallest absolute Gasteiger partial charge is 0.194 e. The monoisotopic (exact) mass is 341 g/mol. The van der Waals surface area contributed by atoms with Gasteiger partial charge in [-0.3, -0.25) is 4.99 Å². The third kappa shape index (κ3) is 4.04.